The molecular weight excluding hydrogens is 323 g/mol. The Bertz CT molecular complexity index is 700. The normalized spacial score (nSPS) is 12.1. The maximum Gasteiger partial charge on any atom is 0.573 e. The van der Waals surface area contributed by atoms with Crippen LogP contribution in [0.3, 0.4) is 0 Å². The van der Waals surface area contributed by atoms with Crippen LogP contribution in [0.2, 0.25) is 0 Å². The fraction of sp³-hybridized carbons (Fsp3) is 0.188. The van der Waals surface area contributed by atoms with Gasteiger partial charge in [0, 0.05) is 5.69 Å². The van der Waals surface area contributed by atoms with Gasteiger partial charge in [0.05, 0.1) is 13.2 Å². The minimum atomic E-state index is -4.73. The van der Waals surface area contributed by atoms with E-state index in [2.05, 4.69) is 15.0 Å². The number of rotatable bonds is 5. The predicted molar refractivity (Wildman–Crippen MR) is 84.4 cm³/mol. The molecule has 0 fully saturated rings. The lowest BCUT2D eigenvalue weighted by molar-refractivity contribution is -0.274. The highest BCUT2D eigenvalue weighted by Crippen LogP contribution is 2.23. The Kier molecular flexibility index (Phi) is 5.64. The molecule has 0 spiro atoms. The smallest absolute Gasteiger partial charge is 0.406 e. The van der Waals surface area contributed by atoms with E-state index in [4.69, 9.17) is 5.73 Å². The Morgan fingerprint density at radius 2 is 1.71 bits per heavy atom. The number of ether oxygens (including phenoxy) is 1. The zero-order valence-corrected chi connectivity index (χ0v) is 12.5. The highest BCUT2D eigenvalue weighted by molar-refractivity contribution is 5.92. The van der Waals surface area contributed by atoms with Crippen molar-refractivity contribution in [3.05, 3.63) is 59.7 Å². The molecule has 4 N–H and O–H groups in total. The predicted octanol–water partition coefficient (Wildman–Crippen LogP) is 3.00. The number of nitrogens with zero attached hydrogens (tertiary/aromatic N) is 1. The van der Waals surface area contributed by atoms with Crippen LogP contribution in [0.5, 0.6) is 5.75 Å². The number of benzene rings is 2. The number of hydrogen-bond acceptors (Lipinski definition) is 3. The van der Waals surface area contributed by atoms with E-state index in [1.165, 1.54) is 24.3 Å². The Morgan fingerprint density at radius 1 is 1.08 bits per heavy atom. The number of halogens is 3. The standard InChI is InChI=1S/C16H16F3N3O2/c17-16(18,19)24-14-7-5-13(6-8-14)22-15(20)21-9-11-3-1-2-4-12(11)10-23/h1-8,23H,9-10H2,(H3,20,21,22). The highest BCUT2D eigenvalue weighted by atomic mass is 19.4. The minimum absolute atomic E-state index is 0.0975. The Morgan fingerprint density at radius 3 is 2.29 bits per heavy atom. The topological polar surface area (TPSA) is 79.9 Å². The zero-order valence-electron chi connectivity index (χ0n) is 12.5. The first-order valence-corrected chi connectivity index (χ1v) is 6.98. The molecule has 0 saturated heterocycles. The molecule has 8 heteroatoms. The Hall–Kier alpha value is -2.74. The van der Waals surface area contributed by atoms with E-state index >= 15 is 0 Å². The zero-order chi connectivity index (χ0) is 17.6. The maximum absolute atomic E-state index is 12.1. The first kappa shape index (κ1) is 17.6. The van der Waals surface area contributed by atoms with Gasteiger partial charge in [0.15, 0.2) is 5.96 Å². The lowest BCUT2D eigenvalue weighted by Gasteiger charge is -2.10. The summed E-state index contributed by atoms with van der Waals surface area (Å²) in [4.78, 5) is 4.14. The van der Waals surface area contributed by atoms with Crippen LogP contribution in [0.4, 0.5) is 18.9 Å². The molecule has 0 heterocycles. The fourth-order valence-electron chi connectivity index (χ4n) is 1.96. The van der Waals surface area contributed by atoms with Crippen molar-refractivity contribution in [1.29, 1.82) is 0 Å². The number of aliphatic imine (C=N–C) groups is 1. The summed E-state index contributed by atoms with van der Waals surface area (Å²) in [6.07, 6.45) is -4.73. The summed E-state index contributed by atoms with van der Waals surface area (Å²) in [5, 5.41) is 12.0. The molecule has 0 unspecified atom stereocenters. The average molecular weight is 339 g/mol. The van der Waals surface area contributed by atoms with Crippen LogP contribution in [0.15, 0.2) is 53.5 Å². The molecule has 0 saturated carbocycles. The summed E-state index contributed by atoms with van der Waals surface area (Å²) in [5.74, 6) is -0.215. The van der Waals surface area contributed by atoms with Gasteiger partial charge in [0.25, 0.3) is 0 Å². The Balaban J connectivity index is 1.97. The van der Waals surface area contributed by atoms with Gasteiger partial charge in [-0.25, -0.2) is 4.99 Å². The van der Waals surface area contributed by atoms with Crippen molar-refractivity contribution < 1.29 is 23.0 Å². The first-order chi connectivity index (χ1) is 11.4. The van der Waals surface area contributed by atoms with Crippen LogP contribution < -0.4 is 15.8 Å². The van der Waals surface area contributed by atoms with Crippen molar-refractivity contribution in [3.8, 4) is 5.75 Å². The van der Waals surface area contributed by atoms with Crippen molar-refractivity contribution in [2.24, 2.45) is 10.7 Å². The number of guanidine groups is 1. The number of alkyl halides is 3. The van der Waals surface area contributed by atoms with Crippen molar-refractivity contribution in [2.45, 2.75) is 19.5 Å². The summed E-state index contributed by atoms with van der Waals surface area (Å²) in [6, 6.07) is 12.4. The quantitative estimate of drug-likeness (QED) is 0.578. The van der Waals surface area contributed by atoms with Crippen LogP contribution in [-0.4, -0.2) is 17.4 Å². The number of anilines is 1. The van der Waals surface area contributed by atoms with Gasteiger partial charge in [-0.05, 0) is 35.4 Å². The third-order valence-corrected chi connectivity index (χ3v) is 3.07. The molecule has 128 valence electrons. The Labute approximate surface area is 136 Å². The molecule has 0 aliphatic rings. The number of hydrogen-bond donors (Lipinski definition) is 3. The molecule has 24 heavy (non-hydrogen) atoms. The van der Waals surface area contributed by atoms with Gasteiger partial charge in [0.1, 0.15) is 5.75 Å². The molecule has 0 amide bonds. The lowest BCUT2D eigenvalue weighted by Crippen LogP contribution is -2.22. The second-order valence-corrected chi connectivity index (χ2v) is 4.83. The maximum atomic E-state index is 12.1. The van der Waals surface area contributed by atoms with Gasteiger partial charge >= 0.3 is 6.36 Å². The van der Waals surface area contributed by atoms with E-state index in [0.29, 0.717) is 5.69 Å². The van der Waals surface area contributed by atoms with E-state index in [-0.39, 0.29) is 24.9 Å². The third kappa shape index (κ3) is 5.47. The van der Waals surface area contributed by atoms with Crippen molar-refractivity contribution in [2.75, 3.05) is 5.32 Å². The first-order valence-electron chi connectivity index (χ1n) is 6.98. The van der Waals surface area contributed by atoms with E-state index in [1.807, 2.05) is 18.2 Å². The monoisotopic (exact) mass is 339 g/mol. The van der Waals surface area contributed by atoms with Crippen LogP contribution in [0.25, 0.3) is 0 Å². The summed E-state index contributed by atoms with van der Waals surface area (Å²) < 4.78 is 40.0. The molecule has 0 aliphatic carbocycles. The SMILES string of the molecule is NC(=NCc1ccccc1CO)Nc1ccc(OC(F)(F)F)cc1. The van der Waals surface area contributed by atoms with Crippen molar-refractivity contribution >= 4 is 11.6 Å². The number of aliphatic hydroxyl groups is 1. The summed E-state index contributed by atoms with van der Waals surface area (Å²) in [5.41, 5.74) is 7.81. The molecular formula is C16H16F3N3O2. The van der Waals surface area contributed by atoms with E-state index in [9.17, 15) is 18.3 Å². The molecule has 0 bridgehead atoms. The van der Waals surface area contributed by atoms with Crippen LogP contribution in [0, 0.1) is 0 Å². The second kappa shape index (κ2) is 7.69. The van der Waals surface area contributed by atoms with Crippen LogP contribution >= 0.6 is 0 Å². The lowest BCUT2D eigenvalue weighted by atomic mass is 10.1. The van der Waals surface area contributed by atoms with E-state index in [0.717, 1.165) is 11.1 Å². The second-order valence-electron chi connectivity index (χ2n) is 4.83. The average Bonchev–Trinajstić information content (AvgIpc) is 2.53. The summed E-state index contributed by atoms with van der Waals surface area (Å²) in [7, 11) is 0. The molecule has 0 atom stereocenters. The summed E-state index contributed by atoms with van der Waals surface area (Å²) >= 11 is 0. The molecule has 0 aliphatic heterocycles. The fourth-order valence-corrected chi connectivity index (χ4v) is 1.96. The third-order valence-electron chi connectivity index (χ3n) is 3.07. The van der Waals surface area contributed by atoms with Crippen LogP contribution in [0.1, 0.15) is 11.1 Å². The molecule has 2 rings (SSSR count). The number of aliphatic hydroxyl groups excluding tert-OH is 1. The summed E-state index contributed by atoms with van der Waals surface area (Å²) in [6.45, 7) is 0.171. The number of nitrogens with two attached hydrogens (primary N) is 1. The highest BCUT2D eigenvalue weighted by Gasteiger charge is 2.30. The van der Waals surface area contributed by atoms with Crippen LogP contribution in [-0.2, 0) is 13.2 Å². The van der Waals surface area contributed by atoms with Gasteiger partial charge in [-0.1, -0.05) is 24.3 Å². The van der Waals surface area contributed by atoms with Gasteiger partial charge in [-0.15, -0.1) is 13.2 Å². The minimum Gasteiger partial charge on any atom is -0.406 e. The van der Waals surface area contributed by atoms with Crippen molar-refractivity contribution in [3.63, 3.8) is 0 Å². The number of nitrogens with one attached hydrogen (secondary N) is 1. The molecule has 5 nitrogen and oxygen atoms in total. The van der Waals surface area contributed by atoms with Gasteiger partial charge < -0.3 is 20.9 Å². The van der Waals surface area contributed by atoms with E-state index in [1.54, 1.807) is 6.07 Å². The molecule has 0 aromatic heterocycles. The van der Waals surface area contributed by atoms with Gasteiger partial charge in [-0.2, -0.15) is 0 Å². The molecule has 0 radical (unpaired) electrons. The molecule has 2 aromatic rings. The molecule has 2 aromatic carbocycles. The largest absolute Gasteiger partial charge is 0.573 e. The van der Waals surface area contributed by atoms with E-state index < -0.39 is 6.36 Å². The van der Waals surface area contributed by atoms with Gasteiger partial charge in [-0.3, -0.25) is 0 Å². The van der Waals surface area contributed by atoms with Crippen molar-refractivity contribution in [1.82, 2.24) is 0 Å². The van der Waals surface area contributed by atoms with Gasteiger partial charge in [0.2, 0.25) is 0 Å².